The molecule has 126 valence electrons. The van der Waals surface area contributed by atoms with Gasteiger partial charge in [-0.2, -0.15) is 0 Å². The normalized spacial score (nSPS) is 13.0. The van der Waals surface area contributed by atoms with Gasteiger partial charge in [0.25, 0.3) is 5.69 Å². The molecule has 2 aromatic carbocycles. The highest BCUT2D eigenvalue weighted by atomic mass is 35.5. The van der Waals surface area contributed by atoms with E-state index in [1.807, 2.05) is 0 Å². The zero-order valence-corrected chi connectivity index (χ0v) is 13.5. The Morgan fingerprint density at radius 1 is 1.17 bits per heavy atom. The number of hydrogen-bond acceptors (Lipinski definition) is 4. The topological polar surface area (TPSA) is 104 Å². The van der Waals surface area contributed by atoms with Crippen LogP contribution in [0.25, 0.3) is 0 Å². The third-order valence-corrected chi connectivity index (χ3v) is 3.63. The van der Waals surface area contributed by atoms with E-state index in [0.29, 0.717) is 16.3 Å². The summed E-state index contributed by atoms with van der Waals surface area (Å²) in [5, 5.41) is 26.5. The summed E-state index contributed by atoms with van der Waals surface area (Å²) in [4.78, 5) is 22.0. The van der Waals surface area contributed by atoms with Crippen LogP contribution in [0, 0.1) is 10.1 Å². The van der Waals surface area contributed by atoms with E-state index in [0.717, 1.165) is 0 Å². The summed E-state index contributed by atoms with van der Waals surface area (Å²) in [7, 11) is 0. The van der Waals surface area contributed by atoms with E-state index in [4.69, 9.17) is 11.6 Å². The number of benzene rings is 2. The third-order valence-electron chi connectivity index (χ3n) is 3.38. The Kier molecular flexibility index (Phi) is 5.73. The van der Waals surface area contributed by atoms with Crippen LogP contribution in [-0.4, -0.2) is 22.1 Å². The van der Waals surface area contributed by atoms with Gasteiger partial charge in [0.05, 0.1) is 17.1 Å². The Hall–Kier alpha value is -2.64. The van der Waals surface area contributed by atoms with Crippen LogP contribution < -0.4 is 10.6 Å². The maximum absolute atomic E-state index is 11.9. The fourth-order valence-electron chi connectivity index (χ4n) is 2.07. The zero-order valence-electron chi connectivity index (χ0n) is 12.8. The van der Waals surface area contributed by atoms with Crippen molar-refractivity contribution in [2.45, 2.75) is 19.1 Å². The summed E-state index contributed by atoms with van der Waals surface area (Å²) in [6.45, 7) is 1.66. The molecular formula is C16H16ClN3O4. The van der Waals surface area contributed by atoms with Gasteiger partial charge < -0.3 is 15.7 Å². The van der Waals surface area contributed by atoms with Gasteiger partial charge in [-0.25, -0.2) is 4.79 Å². The fraction of sp³-hybridized carbons (Fsp3) is 0.188. The number of aliphatic hydroxyl groups is 1. The molecule has 0 heterocycles. The van der Waals surface area contributed by atoms with E-state index in [1.54, 1.807) is 31.2 Å². The number of urea groups is 1. The van der Waals surface area contributed by atoms with E-state index >= 15 is 0 Å². The van der Waals surface area contributed by atoms with Crippen LogP contribution in [0.4, 0.5) is 16.2 Å². The molecule has 24 heavy (non-hydrogen) atoms. The lowest BCUT2D eigenvalue weighted by atomic mass is 10.0. The Labute approximate surface area is 143 Å². The maximum Gasteiger partial charge on any atom is 0.319 e. The predicted molar refractivity (Wildman–Crippen MR) is 91.1 cm³/mol. The smallest absolute Gasteiger partial charge is 0.319 e. The van der Waals surface area contributed by atoms with Crippen LogP contribution in [0.15, 0.2) is 48.5 Å². The van der Waals surface area contributed by atoms with Crippen molar-refractivity contribution < 1.29 is 14.8 Å². The second-order valence-corrected chi connectivity index (χ2v) is 5.62. The summed E-state index contributed by atoms with van der Waals surface area (Å²) < 4.78 is 0. The number of amides is 2. The van der Waals surface area contributed by atoms with Gasteiger partial charge >= 0.3 is 6.03 Å². The van der Waals surface area contributed by atoms with Crippen molar-refractivity contribution in [2.75, 3.05) is 5.32 Å². The first-order chi connectivity index (χ1) is 11.4. The van der Waals surface area contributed by atoms with Crippen LogP contribution in [0.1, 0.15) is 18.6 Å². The van der Waals surface area contributed by atoms with Gasteiger partial charge in [-0.1, -0.05) is 23.7 Å². The minimum Gasteiger partial charge on any atom is -0.386 e. The van der Waals surface area contributed by atoms with Crippen LogP contribution in [0.2, 0.25) is 5.02 Å². The standard InChI is InChI=1S/C16H16ClN3O4/c1-10(15(21)11-2-4-12(17)5-3-11)18-16(22)19-13-6-8-14(9-7-13)20(23)24/h2-10,15,21H,1H3,(H2,18,19,22). The molecule has 2 amide bonds. The Morgan fingerprint density at radius 3 is 2.29 bits per heavy atom. The Balaban J connectivity index is 1.93. The summed E-state index contributed by atoms with van der Waals surface area (Å²) in [5.74, 6) is 0. The van der Waals surface area contributed by atoms with Crippen LogP contribution in [0.5, 0.6) is 0 Å². The first-order valence-electron chi connectivity index (χ1n) is 7.12. The van der Waals surface area contributed by atoms with E-state index in [-0.39, 0.29) is 5.69 Å². The molecule has 0 spiro atoms. The molecule has 8 heteroatoms. The van der Waals surface area contributed by atoms with Crippen molar-refractivity contribution in [3.05, 3.63) is 69.2 Å². The van der Waals surface area contributed by atoms with Crippen LogP contribution >= 0.6 is 11.6 Å². The summed E-state index contributed by atoms with van der Waals surface area (Å²) in [6.07, 6.45) is -0.898. The highest BCUT2D eigenvalue weighted by Gasteiger charge is 2.18. The van der Waals surface area contributed by atoms with Gasteiger partial charge in [0.2, 0.25) is 0 Å². The molecule has 7 nitrogen and oxygen atoms in total. The second-order valence-electron chi connectivity index (χ2n) is 5.19. The highest BCUT2D eigenvalue weighted by molar-refractivity contribution is 6.30. The number of carbonyl (C=O) groups excluding carboxylic acids is 1. The van der Waals surface area contributed by atoms with Crippen molar-refractivity contribution >= 4 is 29.0 Å². The van der Waals surface area contributed by atoms with E-state index in [2.05, 4.69) is 10.6 Å². The predicted octanol–water partition coefficient (Wildman–Crippen LogP) is 3.49. The molecule has 0 aliphatic carbocycles. The second kappa shape index (κ2) is 7.76. The number of halogens is 1. The monoisotopic (exact) mass is 349 g/mol. The molecule has 0 saturated carbocycles. The lowest BCUT2D eigenvalue weighted by Gasteiger charge is -2.21. The average molecular weight is 350 g/mol. The van der Waals surface area contributed by atoms with Gasteiger partial charge in [0, 0.05) is 22.8 Å². The largest absolute Gasteiger partial charge is 0.386 e. The number of nitro groups is 1. The molecule has 2 atom stereocenters. The minimum atomic E-state index is -0.898. The minimum absolute atomic E-state index is 0.0625. The molecule has 0 radical (unpaired) electrons. The molecule has 2 unspecified atom stereocenters. The third kappa shape index (κ3) is 4.68. The van der Waals surface area contributed by atoms with E-state index in [9.17, 15) is 20.0 Å². The summed E-state index contributed by atoms with van der Waals surface area (Å²) in [5.41, 5.74) is 0.973. The first-order valence-corrected chi connectivity index (χ1v) is 7.50. The first kappa shape index (κ1) is 17.7. The van der Waals surface area contributed by atoms with Gasteiger partial charge in [-0.3, -0.25) is 10.1 Å². The Morgan fingerprint density at radius 2 is 1.75 bits per heavy atom. The molecule has 0 fully saturated rings. The van der Waals surface area contributed by atoms with Gasteiger partial charge in [-0.05, 0) is 36.8 Å². The number of hydrogen-bond donors (Lipinski definition) is 3. The highest BCUT2D eigenvalue weighted by Crippen LogP contribution is 2.20. The number of carbonyl (C=O) groups is 1. The van der Waals surface area contributed by atoms with Crippen LogP contribution in [0.3, 0.4) is 0 Å². The molecule has 2 aromatic rings. The number of nitro benzene ring substituents is 1. The Bertz CT molecular complexity index is 719. The number of nitrogens with one attached hydrogen (secondary N) is 2. The molecule has 3 N–H and O–H groups in total. The molecule has 0 bridgehead atoms. The summed E-state index contributed by atoms with van der Waals surface area (Å²) in [6, 6.07) is 11.0. The lowest BCUT2D eigenvalue weighted by Crippen LogP contribution is -2.39. The van der Waals surface area contributed by atoms with Crippen molar-refractivity contribution in [3.63, 3.8) is 0 Å². The van der Waals surface area contributed by atoms with Crippen molar-refractivity contribution in [2.24, 2.45) is 0 Å². The number of aliphatic hydroxyl groups excluding tert-OH is 1. The number of rotatable bonds is 5. The van der Waals surface area contributed by atoms with Crippen molar-refractivity contribution in [1.29, 1.82) is 0 Å². The number of nitrogens with zero attached hydrogens (tertiary/aromatic N) is 1. The quantitative estimate of drug-likeness (QED) is 0.567. The number of anilines is 1. The number of non-ortho nitro benzene ring substituents is 1. The molecule has 0 aromatic heterocycles. The van der Waals surface area contributed by atoms with E-state index < -0.39 is 23.1 Å². The van der Waals surface area contributed by atoms with Crippen molar-refractivity contribution in [1.82, 2.24) is 5.32 Å². The average Bonchev–Trinajstić information content (AvgIpc) is 2.55. The fourth-order valence-corrected chi connectivity index (χ4v) is 2.19. The molecule has 0 saturated heterocycles. The summed E-state index contributed by atoms with van der Waals surface area (Å²) >= 11 is 5.80. The van der Waals surface area contributed by atoms with Gasteiger partial charge in [0.1, 0.15) is 0 Å². The van der Waals surface area contributed by atoms with Gasteiger partial charge in [-0.15, -0.1) is 0 Å². The molecule has 0 aliphatic rings. The van der Waals surface area contributed by atoms with Crippen molar-refractivity contribution in [3.8, 4) is 0 Å². The zero-order chi connectivity index (χ0) is 17.7. The van der Waals surface area contributed by atoms with Crippen LogP contribution in [-0.2, 0) is 0 Å². The maximum atomic E-state index is 11.9. The molecule has 2 rings (SSSR count). The molecule has 0 aliphatic heterocycles. The van der Waals surface area contributed by atoms with E-state index in [1.165, 1.54) is 24.3 Å². The SMILES string of the molecule is CC(NC(=O)Nc1ccc([N+](=O)[O-])cc1)C(O)c1ccc(Cl)cc1. The molecular weight excluding hydrogens is 334 g/mol. The lowest BCUT2D eigenvalue weighted by molar-refractivity contribution is -0.384. The van der Waals surface area contributed by atoms with Gasteiger partial charge in [0.15, 0.2) is 0 Å².